The first kappa shape index (κ1) is 20.9. The van der Waals surface area contributed by atoms with Crippen LogP contribution in [0.2, 0.25) is 5.02 Å². The number of carbonyl (C=O) groups is 1. The number of sulfone groups is 1. The van der Waals surface area contributed by atoms with Crippen LogP contribution in [0, 0.1) is 0 Å². The van der Waals surface area contributed by atoms with Crippen molar-refractivity contribution in [2.75, 3.05) is 11.5 Å². The van der Waals surface area contributed by atoms with Crippen molar-refractivity contribution in [3.05, 3.63) is 70.2 Å². The first-order valence-electron chi connectivity index (χ1n) is 9.41. The van der Waals surface area contributed by atoms with Crippen LogP contribution in [0.3, 0.4) is 0 Å². The first-order chi connectivity index (χ1) is 13.0. The van der Waals surface area contributed by atoms with Gasteiger partial charge in [0.15, 0.2) is 9.84 Å². The molecular weight excluding hydrogens is 394 g/mol. The summed E-state index contributed by atoms with van der Waals surface area (Å²) in [5.41, 5.74) is 2.72. The highest BCUT2D eigenvalue weighted by Crippen LogP contribution is 2.26. The zero-order valence-electron chi connectivity index (χ0n) is 16.5. The van der Waals surface area contributed by atoms with Crippen LogP contribution in [-0.2, 0) is 21.8 Å². The van der Waals surface area contributed by atoms with E-state index in [4.69, 9.17) is 11.6 Å². The van der Waals surface area contributed by atoms with Gasteiger partial charge < -0.3 is 4.90 Å². The lowest BCUT2D eigenvalue weighted by Crippen LogP contribution is -2.40. The topological polar surface area (TPSA) is 54.5 Å². The predicted molar refractivity (Wildman–Crippen MR) is 114 cm³/mol. The maximum atomic E-state index is 13.2. The van der Waals surface area contributed by atoms with E-state index in [1.165, 1.54) is 5.56 Å². The minimum atomic E-state index is -3.10. The van der Waals surface area contributed by atoms with E-state index in [9.17, 15) is 13.2 Å². The van der Waals surface area contributed by atoms with Gasteiger partial charge in [-0.1, -0.05) is 62.7 Å². The van der Waals surface area contributed by atoms with E-state index in [1.807, 2.05) is 12.1 Å². The van der Waals surface area contributed by atoms with Crippen molar-refractivity contribution in [1.29, 1.82) is 0 Å². The molecule has 0 aromatic heterocycles. The van der Waals surface area contributed by atoms with Crippen LogP contribution in [0.4, 0.5) is 0 Å². The second-order valence-electron chi connectivity index (χ2n) is 8.45. The fourth-order valence-corrected chi connectivity index (χ4v) is 5.40. The van der Waals surface area contributed by atoms with Crippen LogP contribution >= 0.6 is 11.6 Å². The molecule has 0 spiro atoms. The Morgan fingerprint density at radius 2 is 1.82 bits per heavy atom. The maximum Gasteiger partial charge on any atom is 0.254 e. The predicted octanol–water partition coefficient (Wildman–Crippen LogP) is 4.47. The van der Waals surface area contributed by atoms with Gasteiger partial charge in [0.2, 0.25) is 0 Å². The lowest BCUT2D eigenvalue weighted by molar-refractivity contribution is 0.0681. The third-order valence-corrected chi connectivity index (χ3v) is 7.14. The average molecular weight is 420 g/mol. The Labute approximate surface area is 172 Å². The lowest BCUT2D eigenvalue weighted by atomic mass is 9.86. The van der Waals surface area contributed by atoms with Crippen molar-refractivity contribution in [1.82, 2.24) is 4.90 Å². The lowest BCUT2D eigenvalue weighted by Gasteiger charge is -2.29. The molecule has 150 valence electrons. The number of hydrogen-bond donors (Lipinski definition) is 0. The number of rotatable bonds is 4. The van der Waals surface area contributed by atoms with Gasteiger partial charge in [-0.05, 0) is 41.2 Å². The van der Waals surface area contributed by atoms with E-state index >= 15 is 0 Å². The number of halogens is 1. The minimum Gasteiger partial charge on any atom is -0.330 e. The standard InChI is InChI=1S/C22H26ClNO3S/c1-22(2,3)18-9-7-16(8-10-18)14-24(20-11-12-28(26,27)15-20)21(25)17-5-4-6-19(23)13-17/h4-10,13,20H,11-12,14-15H2,1-3H3. The molecule has 1 saturated heterocycles. The van der Waals surface area contributed by atoms with Gasteiger partial charge >= 0.3 is 0 Å². The Morgan fingerprint density at radius 3 is 2.36 bits per heavy atom. The molecule has 1 unspecified atom stereocenters. The molecule has 1 heterocycles. The number of benzene rings is 2. The number of nitrogens with zero attached hydrogens (tertiary/aromatic N) is 1. The summed E-state index contributed by atoms with van der Waals surface area (Å²) in [4.78, 5) is 14.9. The SMILES string of the molecule is CC(C)(C)c1ccc(CN(C(=O)c2cccc(Cl)c2)C2CCS(=O)(=O)C2)cc1. The molecule has 1 atom stereocenters. The zero-order valence-corrected chi connectivity index (χ0v) is 18.1. The van der Waals surface area contributed by atoms with Crippen LogP contribution in [0.1, 0.15) is 48.7 Å². The van der Waals surface area contributed by atoms with Gasteiger partial charge in [-0.25, -0.2) is 8.42 Å². The van der Waals surface area contributed by atoms with E-state index in [1.54, 1.807) is 29.2 Å². The number of amides is 1. The monoisotopic (exact) mass is 419 g/mol. The molecule has 4 nitrogen and oxygen atoms in total. The molecule has 0 saturated carbocycles. The van der Waals surface area contributed by atoms with Gasteiger partial charge in [-0.2, -0.15) is 0 Å². The van der Waals surface area contributed by atoms with Crippen molar-refractivity contribution in [3.63, 3.8) is 0 Å². The number of carbonyl (C=O) groups excluding carboxylic acids is 1. The molecule has 0 radical (unpaired) electrons. The molecular formula is C22H26ClNO3S. The molecule has 1 aliphatic rings. The highest BCUT2D eigenvalue weighted by atomic mass is 35.5. The van der Waals surface area contributed by atoms with Crippen LogP contribution in [0.15, 0.2) is 48.5 Å². The molecule has 1 fully saturated rings. The summed E-state index contributed by atoms with van der Waals surface area (Å²) in [5.74, 6) is -0.0521. The Kier molecular flexibility index (Phi) is 5.87. The molecule has 28 heavy (non-hydrogen) atoms. The van der Waals surface area contributed by atoms with Gasteiger partial charge in [0.05, 0.1) is 11.5 Å². The molecule has 2 aromatic rings. The van der Waals surface area contributed by atoms with Gasteiger partial charge in [-0.15, -0.1) is 0 Å². The molecule has 3 rings (SSSR count). The van der Waals surface area contributed by atoms with Gasteiger partial charge in [0.1, 0.15) is 0 Å². The summed E-state index contributed by atoms with van der Waals surface area (Å²) in [5, 5.41) is 0.486. The fourth-order valence-electron chi connectivity index (χ4n) is 3.48. The Morgan fingerprint density at radius 1 is 1.14 bits per heavy atom. The van der Waals surface area contributed by atoms with Gasteiger partial charge in [-0.3, -0.25) is 4.79 Å². The molecule has 0 bridgehead atoms. The van der Waals surface area contributed by atoms with E-state index in [0.29, 0.717) is 23.6 Å². The Balaban J connectivity index is 1.89. The van der Waals surface area contributed by atoms with E-state index < -0.39 is 9.84 Å². The van der Waals surface area contributed by atoms with Crippen molar-refractivity contribution in [3.8, 4) is 0 Å². The van der Waals surface area contributed by atoms with E-state index in [2.05, 4.69) is 32.9 Å². The molecule has 2 aromatic carbocycles. The van der Waals surface area contributed by atoms with Gasteiger partial charge in [0, 0.05) is 23.2 Å². The smallest absolute Gasteiger partial charge is 0.254 e. The average Bonchev–Trinajstić information content (AvgIpc) is 2.98. The van der Waals surface area contributed by atoms with Crippen molar-refractivity contribution < 1.29 is 13.2 Å². The normalized spacial score (nSPS) is 18.8. The largest absolute Gasteiger partial charge is 0.330 e. The molecule has 0 N–H and O–H groups in total. The molecule has 6 heteroatoms. The maximum absolute atomic E-state index is 13.2. The second kappa shape index (κ2) is 7.88. The van der Waals surface area contributed by atoms with Crippen molar-refractivity contribution >= 4 is 27.3 Å². The zero-order chi connectivity index (χ0) is 20.5. The highest BCUT2D eigenvalue weighted by Gasteiger charge is 2.35. The van der Waals surface area contributed by atoms with Crippen LogP contribution in [-0.4, -0.2) is 36.8 Å². The summed E-state index contributed by atoms with van der Waals surface area (Å²) < 4.78 is 24.0. The molecule has 1 aliphatic heterocycles. The summed E-state index contributed by atoms with van der Waals surface area (Å²) in [6, 6.07) is 14.6. The summed E-state index contributed by atoms with van der Waals surface area (Å²) in [6.45, 7) is 6.83. The quantitative estimate of drug-likeness (QED) is 0.734. The minimum absolute atomic E-state index is 0.0133. The second-order valence-corrected chi connectivity index (χ2v) is 11.1. The van der Waals surface area contributed by atoms with Crippen molar-refractivity contribution in [2.45, 2.75) is 45.2 Å². The Bertz CT molecular complexity index is 962. The third-order valence-electron chi connectivity index (χ3n) is 5.15. The van der Waals surface area contributed by atoms with E-state index in [-0.39, 0.29) is 28.9 Å². The third kappa shape index (κ3) is 4.95. The fraction of sp³-hybridized carbons (Fsp3) is 0.409. The summed E-state index contributed by atoms with van der Waals surface area (Å²) >= 11 is 6.05. The highest BCUT2D eigenvalue weighted by molar-refractivity contribution is 7.91. The number of hydrogen-bond acceptors (Lipinski definition) is 3. The van der Waals surface area contributed by atoms with Crippen molar-refractivity contribution in [2.24, 2.45) is 0 Å². The Hall–Kier alpha value is -1.85. The van der Waals surface area contributed by atoms with E-state index in [0.717, 1.165) is 5.56 Å². The first-order valence-corrected chi connectivity index (χ1v) is 11.6. The summed E-state index contributed by atoms with van der Waals surface area (Å²) in [7, 11) is -3.10. The molecule has 1 amide bonds. The van der Waals surface area contributed by atoms with Crippen LogP contribution in [0.25, 0.3) is 0 Å². The van der Waals surface area contributed by atoms with Gasteiger partial charge in [0.25, 0.3) is 5.91 Å². The van der Waals surface area contributed by atoms with Crippen LogP contribution in [0.5, 0.6) is 0 Å². The van der Waals surface area contributed by atoms with Crippen LogP contribution < -0.4 is 0 Å². The summed E-state index contributed by atoms with van der Waals surface area (Å²) in [6.07, 6.45) is 0.467. The molecule has 0 aliphatic carbocycles.